The summed E-state index contributed by atoms with van der Waals surface area (Å²) in [6, 6.07) is 17.1. The molecule has 2 aromatic carbocycles. The number of para-hydroxylation sites is 1. The first kappa shape index (κ1) is 19.0. The molecule has 1 fully saturated rings. The number of nitrogens with one attached hydrogen (secondary N) is 1. The van der Waals surface area contributed by atoms with E-state index in [-0.39, 0.29) is 10.7 Å². The van der Waals surface area contributed by atoms with Crippen LogP contribution in [0, 0.1) is 0 Å². The lowest BCUT2D eigenvalue weighted by molar-refractivity contribution is -0.917. The van der Waals surface area contributed by atoms with Crippen molar-refractivity contribution in [3.8, 4) is 0 Å². The number of halogens is 2. The van der Waals surface area contributed by atoms with E-state index in [1.165, 1.54) is 10.5 Å². The Labute approximate surface area is 173 Å². The van der Waals surface area contributed by atoms with E-state index >= 15 is 0 Å². The van der Waals surface area contributed by atoms with E-state index in [1.807, 2.05) is 23.1 Å². The van der Waals surface area contributed by atoms with E-state index in [4.69, 9.17) is 23.2 Å². The Kier molecular flexibility index (Phi) is 5.40. The number of quaternary nitrogens is 1. The largest absolute Gasteiger partial charge is 0.354 e. The normalized spacial score (nSPS) is 18.4. The van der Waals surface area contributed by atoms with Gasteiger partial charge in [-0.1, -0.05) is 65.7 Å². The molecular formula is C21H20Cl2N3O2+. The molecule has 144 valence electrons. The Bertz CT molecular complexity index is 938. The lowest BCUT2D eigenvalue weighted by Crippen LogP contribution is -3.13. The number of amides is 2. The highest BCUT2D eigenvalue weighted by Crippen LogP contribution is 2.34. The van der Waals surface area contributed by atoms with Crippen LogP contribution in [-0.4, -0.2) is 42.9 Å². The van der Waals surface area contributed by atoms with E-state index < -0.39 is 11.8 Å². The SMILES string of the molecule is O=C1C(Cl)=C(N2CC[NH+](Cc3ccccc3)CC2)C(=O)N1c1ccccc1Cl. The Balaban J connectivity index is 1.47. The van der Waals surface area contributed by atoms with E-state index in [2.05, 4.69) is 12.1 Å². The second-order valence-electron chi connectivity index (χ2n) is 6.96. The molecule has 2 aliphatic heterocycles. The number of benzene rings is 2. The van der Waals surface area contributed by atoms with Crippen LogP contribution in [-0.2, 0) is 16.1 Å². The van der Waals surface area contributed by atoms with Crippen LogP contribution in [0.3, 0.4) is 0 Å². The number of hydrogen-bond acceptors (Lipinski definition) is 3. The monoisotopic (exact) mass is 416 g/mol. The first-order chi connectivity index (χ1) is 13.6. The number of hydrogen-bond donors (Lipinski definition) is 1. The maximum absolute atomic E-state index is 13.0. The van der Waals surface area contributed by atoms with Crippen molar-refractivity contribution >= 4 is 40.7 Å². The molecule has 2 aliphatic rings. The van der Waals surface area contributed by atoms with Gasteiger partial charge in [0, 0.05) is 5.56 Å². The molecule has 4 rings (SSSR count). The summed E-state index contributed by atoms with van der Waals surface area (Å²) in [6.07, 6.45) is 0. The molecule has 2 heterocycles. The Hall–Kier alpha value is -2.34. The highest BCUT2D eigenvalue weighted by Gasteiger charge is 2.43. The zero-order chi connectivity index (χ0) is 19.7. The average molecular weight is 417 g/mol. The first-order valence-electron chi connectivity index (χ1n) is 9.22. The Morgan fingerprint density at radius 2 is 1.50 bits per heavy atom. The minimum atomic E-state index is -0.520. The van der Waals surface area contributed by atoms with Gasteiger partial charge in [0.05, 0.1) is 36.9 Å². The minimum absolute atomic E-state index is 0.0311. The number of carbonyl (C=O) groups excluding carboxylic acids is 2. The van der Waals surface area contributed by atoms with Crippen LogP contribution in [0.15, 0.2) is 65.3 Å². The van der Waals surface area contributed by atoms with Crippen LogP contribution < -0.4 is 9.80 Å². The van der Waals surface area contributed by atoms with Gasteiger partial charge in [-0.3, -0.25) is 9.59 Å². The number of carbonyl (C=O) groups is 2. The van der Waals surface area contributed by atoms with E-state index in [9.17, 15) is 9.59 Å². The highest BCUT2D eigenvalue weighted by molar-refractivity contribution is 6.53. The number of rotatable bonds is 4. The third-order valence-corrected chi connectivity index (χ3v) is 5.84. The molecule has 5 nitrogen and oxygen atoms in total. The summed E-state index contributed by atoms with van der Waals surface area (Å²) >= 11 is 12.5. The fraction of sp³-hybridized carbons (Fsp3) is 0.238. The van der Waals surface area contributed by atoms with Crippen LogP contribution >= 0.6 is 23.2 Å². The third kappa shape index (κ3) is 3.53. The second-order valence-corrected chi connectivity index (χ2v) is 7.74. The molecule has 0 bridgehead atoms. The number of anilines is 1. The molecule has 0 atom stereocenters. The van der Waals surface area contributed by atoms with Gasteiger partial charge in [-0.25, -0.2) is 4.90 Å². The predicted molar refractivity (Wildman–Crippen MR) is 109 cm³/mol. The van der Waals surface area contributed by atoms with Crippen LogP contribution in [0.4, 0.5) is 5.69 Å². The molecule has 2 aromatic rings. The molecule has 1 saturated heterocycles. The predicted octanol–water partition coefficient (Wildman–Crippen LogP) is 2.06. The molecular weight excluding hydrogens is 397 g/mol. The lowest BCUT2D eigenvalue weighted by Gasteiger charge is -2.33. The van der Waals surface area contributed by atoms with Crippen LogP contribution in [0.5, 0.6) is 0 Å². The van der Waals surface area contributed by atoms with Crippen molar-refractivity contribution in [2.75, 3.05) is 31.1 Å². The van der Waals surface area contributed by atoms with E-state index in [0.717, 1.165) is 24.5 Å². The number of piperazine rings is 1. The van der Waals surface area contributed by atoms with E-state index in [0.29, 0.717) is 23.8 Å². The van der Waals surface area contributed by atoms with Gasteiger partial charge < -0.3 is 9.80 Å². The molecule has 1 N–H and O–H groups in total. The Morgan fingerprint density at radius 3 is 2.18 bits per heavy atom. The van der Waals surface area contributed by atoms with Crippen molar-refractivity contribution in [3.63, 3.8) is 0 Å². The van der Waals surface area contributed by atoms with E-state index in [1.54, 1.807) is 24.3 Å². The smallest absolute Gasteiger partial charge is 0.283 e. The van der Waals surface area contributed by atoms with Gasteiger partial charge in [0.1, 0.15) is 17.3 Å². The first-order valence-corrected chi connectivity index (χ1v) is 9.97. The summed E-state index contributed by atoms with van der Waals surface area (Å²) in [7, 11) is 0. The molecule has 0 unspecified atom stereocenters. The summed E-state index contributed by atoms with van der Waals surface area (Å²) in [5.74, 6) is -0.927. The second kappa shape index (κ2) is 7.95. The zero-order valence-corrected chi connectivity index (χ0v) is 16.7. The average Bonchev–Trinajstić information content (AvgIpc) is 2.93. The standard InChI is InChI=1S/C21H19Cl2N3O2/c22-16-8-4-5-9-17(16)26-20(27)18(23)19(21(26)28)25-12-10-24(11-13-25)14-15-6-2-1-3-7-15/h1-9H,10-14H2/p+1. The van der Waals surface area contributed by atoms with Crippen molar-refractivity contribution in [2.45, 2.75) is 6.54 Å². The van der Waals surface area contributed by atoms with Crippen molar-refractivity contribution in [1.82, 2.24) is 4.90 Å². The molecule has 0 saturated carbocycles. The van der Waals surface area contributed by atoms with Gasteiger partial charge in [-0.2, -0.15) is 0 Å². The molecule has 7 heteroatoms. The third-order valence-electron chi connectivity index (χ3n) is 5.18. The summed E-state index contributed by atoms with van der Waals surface area (Å²) in [6.45, 7) is 4.03. The number of nitrogens with zero attached hydrogens (tertiary/aromatic N) is 2. The summed E-state index contributed by atoms with van der Waals surface area (Å²) in [4.78, 5) is 30.1. The Morgan fingerprint density at radius 1 is 0.857 bits per heavy atom. The van der Waals surface area contributed by atoms with Crippen molar-refractivity contribution < 1.29 is 14.5 Å². The fourth-order valence-corrected chi connectivity index (χ4v) is 4.23. The molecule has 0 spiro atoms. The highest BCUT2D eigenvalue weighted by atomic mass is 35.5. The van der Waals surface area contributed by atoms with Gasteiger partial charge in [0.15, 0.2) is 0 Å². The van der Waals surface area contributed by atoms with Gasteiger partial charge >= 0.3 is 0 Å². The van der Waals surface area contributed by atoms with Crippen LogP contribution in [0.2, 0.25) is 5.02 Å². The topological polar surface area (TPSA) is 45.1 Å². The maximum Gasteiger partial charge on any atom is 0.283 e. The summed E-state index contributed by atoms with van der Waals surface area (Å²) < 4.78 is 0. The molecule has 28 heavy (non-hydrogen) atoms. The van der Waals surface area contributed by atoms with Crippen molar-refractivity contribution in [1.29, 1.82) is 0 Å². The van der Waals surface area contributed by atoms with Gasteiger partial charge in [0.2, 0.25) is 0 Å². The van der Waals surface area contributed by atoms with Crippen molar-refractivity contribution in [2.24, 2.45) is 0 Å². The lowest BCUT2D eigenvalue weighted by atomic mass is 10.2. The summed E-state index contributed by atoms with van der Waals surface area (Å²) in [5.41, 5.74) is 1.94. The molecule has 0 aromatic heterocycles. The molecule has 0 radical (unpaired) electrons. The zero-order valence-electron chi connectivity index (χ0n) is 15.2. The quantitative estimate of drug-likeness (QED) is 0.775. The van der Waals surface area contributed by atoms with Gasteiger partial charge in [-0.15, -0.1) is 0 Å². The molecule has 2 amide bonds. The van der Waals surface area contributed by atoms with Crippen molar-refractivity contribution in [3.05, 3.63) is 75.9 Å². The van der Waals surface area contributed by atoms with Gasteiger partial charge in [-0.05, 0) is 12.1 Å². The van der Waals surface area contributed by atoms with Crippen LogP contribution in [0.25, 0.3) is 0 Å². The maximum atomic E-state index is 13.0. The molecule has 0 aliphatic carbocycles. The number of imide groups is 1. The van der Waals surface area contributed by atoms with Crippen LogP contribution in [0.1, 0.15) is 5.56 Å². The minimum Gasteiger partial charge on any atom is -0.354 e. The summed E-state index contributed by atoms with van der Waals surface area (Å²) in [5, 5.41) is 0.309. The fourth-order valence-electron chi connectivity index (χ4n) is 3.73. The van der Waals surface area contributed by atoms with Gasteiger partial charge in [0.25, 0.3) is 11.8 Å².